The molecule has 10 heteroatoms. The highest BCUT2D eigenvalue weighted by Gasteiger charge is 2.30. The van der Waals surface area contributed by atoms with E-state index in [1.165, 1.54) is 17.4 Å². The van der Waals surface area contributed by atoms with E-state index in [4.69, 9.17) is 4.74 Å². The fourth-order valence-corrected chi connectivity index (χ4v) is 3.82. The van der Waals surface area contributed by atoms with Crippen molar-refractivity contribution in [3.8, 4) is 0 Å². The van der Waals surface area contributed by atoms with Crippen molar-refractivity contribution in [3.63, 3.8) is 0 Å². The first-order valence-electron chi connectivity index (χ1n) is 8.74. The van der Waals surface area contributed by atoms with Crippen molar-refractivity contribution in [2.24, 2.45) is 5.92 Å². The molecular weight excluding hydrogens is 370 g/mol. The number of rotatable bonds is 4. The zero-order valence-corrected chi connectivity index (χ0v) is 15.4. The number of aromatic nitrogens is 3. The van der Waals surface area contributed by atoms with E-state index in [2.05, 4.69) is 15.3 Å². The van der Waals surface area contributed by atoms with Crippen LogP contribution in [0.4, 0.5) is 0 Å². The molecule has 2 aromatic rings. The maximum absolute atomic E-state index is 12.6. The molecule has 9 nitrogen and oxygen atoms in total. The number of nitrogens with one attached hydrogen (secondary N) is 1. The molecule has 4 heterocycles. The molecule has 0 bridgehead atoms. The van der Waals surface area contributed by atoms with E-state index in [0.29, 0.717) is 50.1 Å². The summed E-state index contributed by atoms with van der Waals surface area (Å²) in [5, 5.41) is 4.37. The standard InChI is InChI=1S/C17H19N5O4S/c23-15-5-12(6-18-16(24)13-9-27-10-19-13)20-14-7-21(2-3-22(14)15)17(25)11-1-4-26-8-11/h5,9-11H,1-4,6-8H2,(H,18,24). The fraction of sp³-hybridized carbons (Fsp3) is 0.471. The lowest BCUT2D eigenvalue weighted by atomic mass is 10.1. The van der Waals surface area contributed by atoms with Gasteiger partial charge in [-0.2, -0.15) is 0 Å². The lowest BCUT2D eigenvalue weighted by Crippen LogP contribution is -2.45. The van der Waals surface area contributed by atoms with Crippen molar-refractivity contribution in [2.75, 3.05) is 19.8 Å². The van der Waals surface area contributed by atoms with Gasteiger partial charge in [0.1, 0.15) is 11.5 Å². The molecule has 0 aliphatic carbocycles. The molecule has 1 unspecified atom stereocenters. The van der Waals surface area contributed by atoms with Crippen LogP contribution < -0.4 is 10.9 Å². The second-order valence-electron chi connectivity index (χ2n) is 6.53. The van der Waals surface area contributed by atoms with Gasteiger partial charge in [-0.1, -0.05) is 0 Å². The van der Waals surface area contributed by atoms with Gasteiger partial charge in [-0.15, -0.1) is 11.3 Å². The Morgan fingerprint density at radius 1 is 1.37 bits per heavy atom. The summed E-state index contributed by atoms with van der Waals surface area (Å²) in [5.41, 5.74) is 2.21. The van der Waals surface area contributed by atoms with Gasteiger partial charge in [-0.25, -0.2) is 9.97 Å². The van der Waals surface area contributed by atoms with Gasteiger partial charge in [-0.3, -0.25) is 19.0 Å². The molecule has 142 valence electrons. The number of ether oxygens (including phenoxy) is 1. The SMILES string of the molecule is O=C(NCc1cc(=O)n2c(n1)CN(C(=O)C1CCOC1)CC2)c1cscn1. The summed E-state index contributed by atoms with van der Waals surface area (Å²) < 4.78 is 6.88. The van der Waals surface area contributed by atoms with Crippen molar-refractivity contribution < 1.29 is 14.3 Å². The molecule has 4 rings (SSSR count). The molecule has 2 aliphatic heterocycles. The van der Waals surface area contributed by atoms with Crippen LogP contribution >= 0.6 is 11.3 Å². The van der Waals surface area contributed by atoms with Crippen molar-refractivity contribution in [1.29, 1.82) is 0 Å². The normalized spacial score (nSPS) is 19.0. The Morgan fingerprint density at radius 2 is 2.26 bits per heavy atom. The minimum Gasteiger partial charge on any atom is -0.381 e. The first kappa shape index (κ1) is 17.8. The molecule has 0 aromatic carbocycles. The van der Waals surface area contributed by atoms with Crippen LogP contribution in [-0.2, 0) is 29.2 Å². The highest BCUT2D eigenvalue weighted by molar-refractivity contribution is 7.07. The fourth-order valence-electron chi connectivity index (χ4n) is 3.29. The molecule has 1 fully saturated rings. The molecule has 1 atom stereocenters. The number of nitrogens with zero attached hydrogens (tertiary/aromatic N) is 4. The molecule has 0 saturated carbocycles. The minimum atomic E-state index is -0.311. The Balaban J connectivity index is 1.46. The largest absolute Gasteiger partial charge is 0.381 e. The van der Waals surface area contributed by atoms with Gasteiger partial charge in [0, 0.05) is 31.1 Å². The van der Waals surface area contributed by atoms with Crippen LogP contribution in [0.2, 0.25) is 0 Å². The first-order chi connectivity index (χ1) is 13.1. The number of fused-ring (bicyclic) bond motifs is 1. The third-order valence-electron chi connectivity index (χ3n) is 4.75. The molecule has 1 N–H and O–H groups in total. The van der Waals surface area contributed by atoms with Crippen LogP contribution in [0, 0.1) is 5.92 Å². The van der Waals surface area contributed by atoms with Crippen LogP contribution in [0.25, 0.3) is 0 Å². The summed E-state index contributed by atoms with van der Waals surface area (Å²) >= 11 is 1.34. The van der Waals surface area contributed by atoms with Crippen molar-refractivity contribution in [3.05, 3.63) is 44.5 Å². The maximum atomic E-state index is 12.6. The molecular formula is C17H19N5O4S. The van der Waals surface area contributed by atoms with Crippen LogP contribution in [0.5, 0.6) is 0 Å². The number of carbonyl (C=O) groups excluding carboxylic acids is 2. The van der Waals surface area contributed by atoms with Crippen LogP contribution in [0.15, 0.2) is 21.8 Å². The predicted octanol–water partition coefficient (Wildman–Crippen LogP) is 0.00850. The monoisotopic (exact) mass is 389 g/mol. The lowest BCUT2D eigenvalue weighted by Gasteiger charge is -2.30. The lowest BCUT2D eigenvalue weighted by molar-refractivity contribution is -0.137. The van der Waals surface area contributed by atoms with Gasteiger partial charge in [0.05, 0.1) is 36.8 Å². The van der Waals surface area contributed by atoms with E-state index >= 15 is 0 Å². The predicted molar refractivity (Wildman–Crippen MR) is 96.1 cm³/mol. The van der Waals surface area contributed by atoms with E-state index in [9.17, 15) is 14.4 Å². The summed E-state index contributed by atoms with van der Waals surface area (Å²) in [7, 11) is 0. The van der Waals surface area contributed by atoms with Gasteiger partial charge < -0.3 is 15.0 Å². The van der Waals surface area contributed by atoms with Gasteiger partial charge >= 0.3 is 0 Å². The molecule has 0 spiro atoms. The van der Waals surface area contributed by atoms with Gasteiger partial charge in [0.25, 0.3) is 11.5 Å². The van der Waals surface area contributed by atoms with E-state index < -0.39 is 0 Å². The van der Waals surface area contributed by atoms with Crippen LogP contribution in [0.1, 0.15) is 28.4 Å². The van der Waals surface area contributed by atoms with E-state index in [0.717, 1.165) is 6.42 Å². The Labute approximate surface area is 159 Å². The Kier molecular flexibility index (Phi) is 4.99. The zero-order chi connectivity index (χ0) is 18.8. The van der Waals surface area contributed by atoms with Crippen molar-refractivity contribution in [1.82, 2.24) is 24.8 Å². The second-order valence-corrected chi connectivity index (χ2v) is 7.25. The number of amides is 2. The minimum absolute atomic E-state index is 0.0511. The summed E-state index contributed by atoms with van der Waals surface area (Å²) in [6.45, 7) is 2.40. The molecule has 1 saturated heterocycles. The first-order valence-corrected chi connectivity index (χ1v) is 9.68. The van der Waals surface area contributed by atoms with Gasteiger partial charge in [-0.05, 0) is 6.42 Å². The van der Waals surface area contributed by atoms with Crippen LogP contribution in [-0.4, -0.2) is 51.0 Å². The zero-order valence-electron chi connectivity index (χ0n) is 14.6. The third kappa shape index (κ3) is 3.76. The smallest absolute Gasteiger partial charge is 0.271 e. The summed E-state index contributed by atoms with van der Waals surface area (Å²) in [6.07, 6.45) is 0.734. The Morgan fingerprint density at radius 3 is 3.00 bits per heavy atom. The average Bonchev–Trinajstić information content (AvgIpc) is 3.39. The number of thiazole rings is 1. The highest BCUT2D eigenvalue weighted by Crippen LogP contribution is 2.18. The maximum Gasteiger partial charge on any atom is 0.271 e. The third-order valence-corrected chi connectivity index (χ3v) is 5.34. The average molecular weight is 389 g/mol. The van der Waals surface area contributed by atoms with Gasteiger partial charge in [0.2, 0.25) is 5.91 Å². The quantitative estimate of drug-likeness (QED) is 0.789. The van der Waals surface area contributed by atoms with Crippen LogP contribution in [0.3, 0.4) is 0 Å². The van der Waals surface area contributed by atoms with E-state index in [1.807, 2.05) is 0 Å². The number of hydrogen-bond donors (Lipinski definition) is 1. The second kappa shape index (κ2) is 7.57. The molecule has 0 radical (unpaired) electrons. The number of hydrogen-bond acceptors (Lipinski definition) is 7. The van der Waals surface area contributed by atoms with Crippen molar-refractivity contribution >= 4 is 23.2 Å². The topological polar surface area (TPSA) is 106 Å². The summed E-state index contributed by atoms with van der Waals surface area (Å²) in [4.78, 5) is 47.1. The van der Waals surface area contributed by atoms with E-state index in [-0.39, 0.29) is 29.8 Å². The highest BCUT2D eigenvalue weighted by atomic mass is 32.1. The Bertz CT molecular complexity index is 905. The summed E-state index contributed by atoms with van der Waals surface area (Å²) in [5.74, 6) is 0.173. The molecule has 27 heavy (non-hydrogen) atoms. The summed E-state index contributed by atoms with van der Waals surface area (Å²) in [6, 6.07) is 1.42. The number of carbonyl (C=O) groups is 2. The van der Waals surface area contributed by atoms with Crippen molar-refractivity contribution in [2.45, 2.75) is 26.1 Å². The molecule has 2 amide bonds. The molecule has 2 aliphatic rings. The van der Waals surface area contributed by atoms with Gasteiger partial charge in [0.15, 0.2) is 0 Å². The molecule has 2 aromatic heterocycles. The Hall–Kier alpha value is -2.59. The van der Waals surface area contributed by atoms with E-state index in [1.54, 1.807) is 20.4 Å².